The number of carboxylic acids is 1. The molecule has 0 bridgehead atoms. The molecule has 1 rings (SSSR count). The Morgan fingerprint density at radius 1 is 1.20 bits per heavy atom. The third kappa shape index (κ3) is 11.1. The summed E-state index contributed by atoms with van der Waals surface area (Å²) in [6.07, 6.45) is 8.52. The summed E-state index contributed by atoms with van der Waals surface area (Å²) in [6, 6.07) is 0. The molecule has 1 aliphatic carbocycles. The first kappa shape index (κ1) is 14.1. The summed E-state index contributed by atoms with van der Waals surface area (Å²) in [5.41, 5.74) is 0. The van der Waals surface area contributed by atoms with Crippen LogP contribution in [-0.2, 0) is 9.59 Å². The molecular weight excluding hydrogens is 192 g/mol. The first-order chi connectivity index (χ1) is 7.16. The van der Waals surface area contributed by atoms with Crippen LogP contribution in [0.3, 0.4) is 0 Å². The summed E-state index contributed by atoms with van der Waals surface area (Å²) in [5, 5.41) is 8.14. The molecule has 88 valence electrons. The largest absolute Gasteiger partial charge is 0.481 e. The quantitative estimate of drug-likeness (QED) is 0.731. The fourth-order valence-corrected chi connectivity index (χ4v) is 1.47. The molecule has 0 radical (unpaired) electrons. The molecule has 0 spiro atoms. The monoisotopic (exact) mass is 214 g/mol. The van der Waals surface area contributed by atoms with Crippen LogP contribution >= 0.6 is 0 Å². The van der Waals surface area contributed by atoms with Gasteiger partial charge >= 0.3 is 5.97 Å². The predicted molar refractivity (Wildman–Crippen MR) is 59.9 cm³/mol. The number of aliphatic carboxylic acids is 1. The minimum Gasteiger partial charge on any atom is -0.481 e. The van der Waals surface area contributed by atoms with E-state index in [2.05, 4.69) is 6.92 Å². The van der Waals surface area contributed by atoms with Crippen molar-refractivity contribution in [1.82, 2.24) is 0 Å². The van der Waals surface area contributed by atoms with Crippen molar-refractivity contribution < 1.29 is 14.7 Å². The fraction of sp³-hybridized carbons (Fsp3) is 0.833. The van der Waals surface area contributed by atoms with Gasteiger partial charge in [0.25, 0.3) is 0 Å². The van der Waals surface area contributed by atoms with Crippen LogP contribution in [0.15, 0.2) is 0 Å². The maximum Gasteiger partial charge on any atom is 0.303 e. The van der Waals surface area contributed by atoms with E-state index in [1.807, 2.05) is 0 Å². The Hall–Kier alpha value is -0.860. The Balaban J connectivity index is 0.000000262. The predicted octanol–water partition coefficient (Wildman–Crippen LogP) is 3.17. The number of hydrogen-bond donors (Lipinski definition) is 1. The van der Waals surface area contributed by atoms with Gasteiger partial charge in [-0.2, -0.15) is 0 Å². The van der Waals surface area contributed by atoms with Crippen molar-refractivity contribution in [3.8, 4) is 0 Å². The van der Waals surface area contributed by atoms with E-state index in [1.54, 1.807) is 0 Å². The van der Waals surface area contributed by atoms with Gasteiger partial charge in [0.1, 0.15) is 5.78 Å². The van der Waals surface area contributed by atoms with E-state index in [0.29, 0.717) is 12.2 Å². The second-order valence-corrected chi connectivity index (χ2v) is 3.95. The van der Waals surface area contributed by atoms with E-state index < -0.39 is 5.97 Å². The van der Waals surface area contributed by atoms with E-state index in [0.717, 1.165) is 44.9 Å². The Morgan fingerprint density at radius 2 is 1.80 bits per heavy atom. The molecule has 0 heterocycles. The van der Waals surface area contributed by atoms with Crippen LogP contribution in [-0.4, -0.2) is 16.9 Å². The highest BCUT2D eigenvalue weighted by Crippen LogP contribution is 2.12. The maximum absolute atomic E-state index is 10.5. The lowest BCUT2D eigenvalue weighted by Gasteiger charge is -2.05. The third-order valence-corrected chi connectivity index (χ3v) is 2.41. The molecular formula is C12H22O3. The summed E-state index contributed by atoms with van der Waals surface area (Å²) in [4.78, 5) is 20.3. The van der Waals surface area contributed by atoms with Crippen LogP contribution in [0.2, 0.25) is 0 Å². The zero-order valence-corrected chi connectivity index (χ0v) is 9.63. The zero-order chi connectivity index (χ0) is 11.5. The number of carbonyl (C=O) groups excluding carboxylic acids is 1. The Morgan fingerprint density at radius 3 is 2.13 bits per heavy atom. The van der Waals surface area contributed by atoms with E-state index in [4.69, 9.17) is 5.11 Å². The molecule has 0 aromatic rings. The van der Waals surface area contributed by atoms with E-state index in [1.165, 1.54) is 6.42 Å². The molecule has 0 saturated heterocycles. The summed E-state index contributed by atoms with van der Waals surface area (Å²) in [7, 11) is 0. The smallest absolute Gasteiger partial charge is 0.303 e. The van der Waals surface area contributed by atoms with Crippen molar-refractivity contribution in [2.24, 2.45) is 0 Å². The van der Waals surface area contributed by atoms with Gasteiger partial charge < -0.3 is 5.11 Å². The third-order valence-electron chi connectivity index (χ3n) is 2.41. The Bertz CT molecular complexity index is 179. The number of Topliss-reactive ketones (excluding diaryl/α,β-unsaturated/α-hetero) is 1. The molecule has 3 nitrogen and oxygen atoms in total. The van der Waals surface area contributed by atoms with Crippen LogP contribution in [0, 0.1) is 0 Å². The molecule has 0 aromatic heterocycles. The number of carbonyl (C=O) groups is 2. The van der Waals surface area contributed by atoms with Gasteiger partial charge in [-0.05, 0) is 19.3 Å². The highest BCUT2D eigenvalue weighted by Gasteiger charge is 2.05. The second-order valence-electron chi connectivity index (χ2n) is 3.95. The van der Waals surface area contributed by atoms with Gasteiger partial charge in [-0.15, -0.1) is 0 Å². The summed E-state index contributed by atoms with van der Waals surface area (Å²) in [6.45, 7) is 2.06. The molecule has 1 aliphatic rings. The minimum atomic E-state index is -0.682. The van der Waals surface area contributed by atoms with Gasteiger partial charge in [-0.3, -0.25) is 9.59 Å². The molecule has 1 saturated carbocycles. The minimum absolute atomic E-state index is 0.327. The summed E-state index contributed by atoms with van der Waals surface area (Å²) in [5.74, 6) is -0.218. The number of unbranched alkanes of at least 4 members (excludes halogenated alkanes) is 2. The van der Waals surface area contributed by atoms with Gasteiger partial charge in [-0.25, -0.2) is 0 Å². The normalized spacial score (nSPS) is 15.4. The zero-order valence-electron chi connectivity index (χ0n) is 9.63. The lowest BCUT2D eigenvalue weighted by Crippen LogP contribution is -2.02. The van der Waals surface area contributed by atoms with Crippen molar-refractivity contribution in [1.29, 1.82) is 0 Å². The van der Waals surface area contributed by atoms with Gasteiger partial charge in [0, 0.05) is 19.3 Å². The number of hydrogen-bond acceptors (Lipinski definition) is 2. The van der Waals surface area contributed by atoms with E-state index >= 15 is 0 Å². The van der Waals surface area contributed by atoms with Crippen molar-refractivity contribution in [2.75, 3.05) is 0 Å². The molecule has 0 atom stereocenters. The van der Waals surface area contributed by atoms with E-state index in [-0.39, 0.29) is 0 Å². The van der Waals surface area contributed by atoms with Gasteiger partial charge in [0.05, 0.1) is 0 Å². The lowest BCUT2D eigenvalue weighted by atomic mass is 10.00. The first-order valence-electron chi connectivity index (χ1n) is 5.90. The highest BCUT2D eigenvalue weighted by molar-refractivity contribution is 5.78. The number of ketones is 1. The Kier molecular flexibility index (Phi) is 9.13. The van der Waals surface area contributed by atoms with Crippen molar-refractivity contribution in [2.45, 2.75) is 64.7 Å². The van der Waals surface area contributed by atoms with Crippen molar-refractivity contribution >= 4 is 11.8 Å². The maximum atomic E-state index is 10.5. The molecule has 0 aliphatic heterocycles. The van der Waals surface area contributed by atoms with Crippen molar-refractivity contribution in [3.63, 3.8) is 0 Å². The molecule has 0 aromatic carbocycles. The van der Waals surface area contributed by atoms with Crippen LogP contribution in [0.5, 0.6) is 0 Å². The number of carboxylic acid groups (broad SMARTS) is 1. The summed E-state index contributed by atoms with van der Waals surface area (Å²) < 4.78 is 0. The molecule has 15 heavy (non-hydrogen) atoms. The topological polar surface area (TPSA) is 54.4 Å². The van der Waals surface area contributed by atoms with Gasteiger partial charge in [-0.1, -0.05) is 26.2 Å². The number of rotatable bonds is 4. The molecule has 0 amide bonds. The first-order valence-corrected chi connectivity index (χ1v) is 5.90. The lowest BCUT2D eigenvalue weighted by molar-refractivity contribution is -0.137. The second kappa shape index (κ2) is 9.69. The van der Waals surface area contributed by atoms with E-state index in [9.17, 15) is 9.59 Å². The Labute approximate surface area is 91.9 Å². The van der Waals surface area contributed by atoms with Gasteiger partial charge in [0.15, 0.2) is 0 Å². The summed E-state index contributed by atoms with van der Waals surface area (Å²) >= 11 is 0. The molecule has 3 heteroatoms. The molecule has 0 unspecified atom stereocenters. The van der Waals surface area contributed by atoms with Crippen molar-refractivity contribution in [3.05, 3.63) is 0 Å². The van der Waals surface area contributed by atoms with Crippen LogP contribution in [0.25, 0.3) is 0 Å². The SMILES string of the molecule is CCCCCC(=O)O.O=C1CCCCC1. The molecule has 1 N–H and O–H groups in total. The van der Waals surface area contributed by atoms with Gasteiger partial charge in [0.2, 0.25) is 0 Å². The molecule has 1 fully saturated rings. The average molecular weight is 214 g/mol. The van der Waals surface area contributed by atoms with Crippen LogP contribution in [0.4, 0.5) is 0 Å². The standard InChI is InChI=1S/C6H12O2.C6H10O/c1-2-3-4-5-6(7)8;7-6-4-2-1-3-5-6/h2-5H2,1H3,(H,7,8);1-5H2. The van der Waals surface area contributed by atoms with Crippen LogP contribution in [0.1, 0.15) is 64.7 Å². The fourth-order valence-electron chi connectivity index (χ4n) is 1.47. The van der Waals surface area contributed by atoms with Crippen LogP contribution < -0.4 is 0 Å². The highest BCUT2D eigenvalue weighted by atomic mass is 16.4. The average Bonchev–Trinajstić information content (AvgIpc) is 2.20.